The molecule has 1 saturated heterocycles. The van der Waals surface area contributed by atoms with Gasteiger partial charge in [0.1, 0.15) is 17.3 Å². The monoisotopic (exact) mass is 474 g/mol. The van der Waals surface area contributed by atoms with E-state index in [2.05, 4.69) is 4.98 Å². The van der Waals surface area contributed by atoms with Crippen molar-refractivity contribution in [1.82, 2.24) is 4.98 Å². The van der Waals surface area contributed by atoms with Crippen LogP contribution in [0.4, 0.5) is 5.69 Å². The molecule has 1 atom stereocenters. The van der Waals surface area contributed by atoms with Crippen LogP contribution in [0.25, 0.3) is 16.7 Å². The number of anilines is 1. The number of carbonyl (C=O) groups is 2. The van der Waals surface area contributed by atoms with E-state index in [-0.39, 0.29) is 22.1 Å². The Bertz CT molecular complexity index is 1490. The molecule has 34 heavy (non-hydrogen) atoms. The van der Waals surface area contributed by atoms with Crippen molar-refractivity contribution in [3.05, 3.63) is 94.6 Å². The van der Waals surface area contributed by atoms with Crippen molar-refractivity contribution in [3.63, 3.8) is 0 Å². The summed E-state index contributed by atoms with van der Waals surface area (Å²) in [6.07, 6.45) is 1.60. The number of aromatic amines is 1. The van der Waals surface area contributed by atoms with Gasteiger partial charge < -0.3 is 19.9 Å². The lowest BCUT2D eigenvalue weighted by molar-refractivity contribution is -0.132. The Balaban J connectivity index is 1.77. The number of phenolic OH excluding ortho intramolecular Hbond substituents is 1. The van der Waals surface area contributed by atoms with Gasteiger partial charge >= 0.3 is 0 Å². The zero-order valence-corrected chi connectivity index (χ0v) is 18.7. The molecule has 0 bridgehead atoms. The lowest BCUT2D eigenvalue weighted by atomic mass is 9.95. The molecule has 0 radical (unpaired) electrons. The zero-order valence-electron chi connectivity index (χ0n) is 17.9. The highest BCUT2D eigenvalue weighted by molar-refractivity contribution is 6.52. The molecular formula is C26H19ClN2O5. The summed E-state index contributed by atoms with van der Waals surface area (Å²) in [5, 5.41) is 22.1. The van der Waals surface area contributed by atoms with Crippen molar-refractivity contribution in [2.75, 3.05) is 12.0 Å². The van der Waals surface area contributed by atoms with E-state index in [1.165, 1.54) is 24.1 Å². The smallest absolute Gasteiger partial charge is 0.300 e. The lowest BCUT2D eigenvalue weighted by Crippen LogP contribution is -2.29. The third kappa shape index (κ3) is 3.38. The quantitative estimate of drug-likeness (QED) is 0.215. The predicted octanol–water partition coefficient (Wildman–Crippen LogP) is 5.16. The molecule has 5 rings (SSSR count). The van der Waals surface area contributed by atoms with Crippen LogP contribution in [0.15, 0.2) is 78.5 Å². The fourth-order valence-corrected chi connectivity index (χ4v) is 4.47. The SMILES string of the molecule is COc1cccc(N2C(=O)C(=O)/C(=C(\O)c3c[nH]c4ccccc34)C2c2ccc(O)c(Cl)c2)c1. The molecule has 170 valence electrons. The van der Waals surface area contributed by atoms with Gasteiger partial charge in [0.15, 0.2) is 0 Å². The highest BCUT2D eigenvalue weighted by Gasteiger charge is 2.47. The van der Waals surface area contributed by atoms with Gasteiger partial charge in [-0.25, -0.2) is 0 Å². The minimum Gasteiger partial charge on any atom is -0.507 e. The number of phenols is 1. The first kappa shape index (κ1) is 21.6. The largest absolute Gasteiger partial charge is 0.507 e. The Kier molecular flexibility index (Phi) is 5.26. The van der Waals surface area contributed by atoms with Crippen LogP contribution in [0, 0.1) is 0 Å². The first-order chi connectivity index (χ1) is 16.4. The number of hydrogen-bond acceptors (Lipinski definition) is 5. The van der Waals surface area contributed by atoms with Gasteiger partial charge in [0, 0.05) is 34.4 Å². The number of para-hydroxylation sites is 1. The number of nitrogens with one attached hydrogen (secondary N) is 1. The van der Waals surface area contributed by atoms with Crippen LogP contribution in [0.2, 0.25) is 5.02 Å². The highest BCUT2D eigenvalue weighted by Crippen LogP contribution is 2.44. The first-order valence-corrected chi connectivity index (χ1v) is 10.8. The predicted molar refractivity (Wildman–Crippen MR) is 129 cm³/mol. The molecule has 1 fully saturated rings. The van der Waals surface area contributed by atoms with Crippen LogP contribution >= 0.6 is 11.6 Å². The summed E-state index contributed by atoms with van der Waals surface area (Å²) in [5.74, 6) is -1.59. The Morgan fingerprint density at radius 2 is 1.85 bits per heavy atom. The van der Waals surface area contributed by atoms with Crippen LogP contribution in [-0.2, 0) is 9.59 Å². The van der Waals surface area contributed by atoms with E-state index in [4.69, 9.17) is 16.3 Å². The van der Waals surface area contributed by atoms with E-state index in [9.17, 15) is 19.8 Å². The van der Waals surface area contributed by atoms with Gasteiger partial charge in [-0.05, 0) is 35.9 Å². The van der Waals surface area contributed by atoms with Crippen molar-refractivity contribution < 1.29 is 24.5 Å². The summed E-state index contributed by atoms with van der Waals surface area (Å²) in [7, 11) is 1.50. The summed E-state index contributed by atoms with van der Waals surface area (Å²) in [6.45, 7) is 0. The number of ketones is 1. The Morgan fingerprint density at radius 1 is 1.06 bits per heavy atom. The molecule has 0 saturated carbocycles. The van der Waals surface area contributed by atoms with Gasteiger partial charge in [0.2, 0.25) is 0 Å². The van der Waals surface area contributed by atoms with Crippen LogP contribution in [0.1, 0.15) is 17.2 Å². The van der Waals surface area contributed by atoms with Crippen molar-refractivity contribution in [1.29, 1.82) is 0 Å². The number of aliphatic hydroxyl groups excluding tert-OH is 1. The first-order valence-electron chi connectivity index (χ1n) is 10.4. The fourth-order valence-electron chi connectivity index (χ4n) is 4.28. The maximum absolute atomic E-state index is 13.3. The molecule has 0 spiro atoms. The highest BCUT2D eigenvalue weighted by atomic mass is 35.5. The van der Waals surface area contributed by atoms with Crippen LogP contribution in [-0.4, -0.2) is 34.0 Å². The van der Waals surface area contributed by atoms with Gasteiger partial charge in [0.05, 0.1) is 23.7 Å². The molecule has 2 heterocycles. The van der Waals surface area contributed by atoms with Gasteiger partial charge in [-0.3, -0.25) is 14.5 Å². The van der Waals surface area contributed by atoms with E-state index in [1.54, 1.807) is 36.5 Å². The molecular weight excluding hydrogens is 456 g/mol. The number of H-pyrrole nitrogens is 1. The number of methoxy groups -OCH3 is 1. The van der Waals surface area contributed by atoms with Crippen LogP contribution in [0.5, 0.6) is 11.5 Å². The lowest BCUT2D eigenvalue weighted by Gasteiger charge is -2.26. The second kappa shape index (κ2) is 8.28. The molecule has 4 aromatic rings. The Morgan fingerprint density at radius 3 is 2.62 bits per heavy atom. The second-order valence-corrected chi connectivity index (χ2v) is 8.24. The average molecular weight is 475 g/mol. The average Bonchev–Trinajstić information content (AvgIpc) is 3.39. The van der Waals surface area contributed by atoms with Gasteiger partial charge in [-0.15, -0.1) is 0 Å². The number of aliphatic hydroxyl groups is 1. The summed E-state index contributed by atoms with van der Waals surface area (Å²) < 4.78 is 5.29. The molecule has 0 aliphatic carbocycles. The number of Topliss-reactive ketones (excluding diaryl/α,β-unsaturated/α-hetero) is 1. The number of benzene rings is 3. The summed E-state index contributed by atoms with van der Waals surface area (Å²) in [6, 6.07) is 17.5. The van der Waals surface area contributed by atoms with Crippen molar-refractivity contribution >= 4 is 45.6 Å². The number of fused-ring (bicyclic) bond motifs is 1. The van der Waals surface area contributed by atoms with Crippen LogP contribution in [0.3, 0.4) is 0 Å². The molecule has 1 aliphatic heterocycles. The van der Waals surface area contributed by atoms with Crippen molar-refractivity contribution in [2.24, 2.45) is 0 Å². The Labute approximate surface area is 199 Å². The summed E-state index contributed by atoms with van der Waals surface area (Å²) in [4.78, 5) is 31.0. The van der Waals surface area contributed by atoms with Gasteiger partial charge in [0.25, 0.3) is 11.7 Å². The number of halogens is 1. The molecule has 1 unspecified atom stereocenters. The minimum absolute atomic E-state index is 0.0563. The number of aromatic hydroxyl groups is 1. The van der Waals surface area contributed by atoms with E-state index < -0.39 is 17.7 Å². The number of ether oxygens (including phenoxy) is 1. The standard InChI is InChI=1S/C26H19ClN2O5/c1-34-16-6-4-5-15(12-16)29-23(14-9-10-21(30)19(27)11-14)22(25(32)26(29)33)24(31)18-13-28-20-8-3-2-7-17(18)20/h2-13,23,28,30-31H,1H3/b24-22-. The van der Waals surface area contributed by atoms with Gasteiger partial charge in [-0.2, -0.15) is 0 Å². The van der Waals surface area contributed by atoms with Crippen molar-refractivity contribution in [3.8, 4) is 11.5 Å². The van der Waals surface area contributed by atoms with E-state index >= 15 is 0 Å². The molecule has 3 aromatic carbocycles. The number of aromatic nitrogens is 1. The van der Waals surface area contributed by atoms with E-state index in [0.717, 1.165) is 5.52 Å². The Hall–Kier alpha value is -4.23. The number of rotatable bonds is 4. The van der Waals surface area contributed by atoms with Gasteiger partial charge in [-0.1, -0.05) is 41.9 Å². The number of nitrogens with zero attached hydrogens (tertiary/aromatic N) is 1. The van der Waals surface area contributed by atoms with E-state index in [0.29, 0.717) is 28.0 Å². The number of amides is 1. The summed E-state index contributed by atoms with van der Waals surface area (Å²) >= 11 is 6.17. The van der Waals surface area contributed by atoms with Crippen molar-refractivity contribution in [2.45, 2.75) is 6.04 Å². The molecule has 7 nitrogen and oxygen atoms in total. The third-order valence-corrected chi connectivity index (χ3v) is 6.21. The molecule has 3 N–H and O–H groups in total. The summed E-state index contributed by atoms with van der Waals surface area (Å²) in [5.41, 5.74) is 1.95. The molecule has 8 heteroatoms. The maximum Gasteiger partial charge on any atom is 0.300 e. The third-order valence-electron chi connectivity index (χ3n) is 5.91. The number of carbonyl (C=O) groups excluding carboxylic acids is 2. The maximum atomic E-state index is 13.3. The zero-order chi connectivity index (χ0) is 24.0. The minimum atomic E-state index is -0.987. The second-order valence-electron chi connectivity index (χ2n) is 7.83. The molecule has 1 aromatic heterocycles. The topological polar surface area (TPSA) is 103 Å². The van der Waals surface area contributed by atoms with Crippen LogP contribution < -0.4 is 9.64 Å². The normalized spacial score (nSPS) is 17.5. The molecule has 1 aliphatic rings. The number of hydrogen-bond donors (Lipinski definition) is 3. The van der Waals surface area contributed by atoms with E-state index in [1.807, 2.05) is 24.3 Å². The fraction of sp³-hybridized carbons (Fsp3) is 0.0769. The molecule has 1 amide bonds.